The van der Waals surface area contributed by atoms with E-state index in [1.165, 1.54) is 0 Å². The fourth-order valence-corrected chi connectivity index (χ4v) is 2.36. The molecule has 0 bridgehead atoms. The summed E-state index contributed by atoms with van der Waals surface area (Å²) in [4.78, 5) is 6.18. The van der Waals surface area contributed by atoms with Crippen molar-refractivity contribution in [2.24, 2.45) is 7.05 Å². The Kier molecular flexibility index (Phi) is 4.20. The molecule has 0 N–H and O–H groups in total. The lowest BCUT2D eigenvalue weighted by Gasteiger charge is -2.05. The Balaban J connectivity index is 1.86. The molecule has 22 heavy (non-hydrogen) atoms. The van der Waals surface area contributed by atoms with Crippen LogP contribution in [-0.2, 0) is 26.3 Å². The Hall–Kier alpha value is -2.21. The number of hydrogen-bond donors (Lipinski definition) is 0. The number of halogens is 1. The Morgan fingerprint density at radius 3 is 2.50 bits per heavy atom. The van der Waals surface area contributed by atoms with E-state index in [1.54, 1.807) is 11.0 Å². The Bertz CT molecular complexity index is 759. The Labute approximate surface area is 133 Å². The molecule has 0 aliphatic carbocycles. The number of nitrogens with zero attached hydrogens (tertiary/aromatic N) is 6. The lowest BCUT2D eigenvalue weighted by atomic mass is 10.2. The molecule has 0 spiro atoms. The van der Waals surface area contributed by atoms with Crippen LogP contribution in [-0.4, -0.2) is 29.8 Å². The molecule has 114 valence electrons. The lowest BCUT2D eigenvalue weighted by Crippen LogP contribution is -2.05. The summed E-state index contributed by atoms with van der Waals surface area (Å²) in [5.41, 5.74) is 1.91. The van der Waals surface area contributed by atoms with Gasteiger partial charge in [-0.25, -0.2) is 9.67 Å². The van der Waals surface area contributed by atoms with Gasteiger partial charge in [0.1, 0.15) is 5.82 Å². The van der Waals surface area contributed by atoms with Crippen LogP contribution in [0, 0.1) is 0 Å². The molecule has 2 heterocycles. The van der Waals surface area contributed by atoms with Crippen LogP contribution in [0.25, 0.3) is 5.69 Å². The number of aryl methyl sites for hydroxylation is 4. The van der Waals surface area contributed by atoms with E-state index in [2.05, 4.69) is 20.3 Å². The second-order valence-corrected chi connectivity index (χ2v) is 5.45. The van der Waals surface area contributed by atoms with Crippen LogP contribution < -0.4 is 0 Å². The first kappa shape index (κ1) is 14.7. The van der Waals surface area contributed by atoms with E-state index in [9.17, 15) is 0 Å². The van der Waals surface area contributed by atoms with Gasteiger partial charge in [-0.3, -0.25) is 0 Å². The van der Waals surface area contributed by atoms with Crippen molar-refractivity contribution >= 4 is 11.6 Å². The van der Waals surface area contributed by atoms with Gasteiger partial charge in [-0.05, 0) is 24.3 Å². The van der Waals surface area contributed by atoms with Gasteiger partial charge in [-0.15, -0.1) is 0 Å². The summed E-state index contributed by atoms with van der Waals surface area (Å²) >= 11 is 5.95. The van der Waals surface area contributed by atoms with E-state index < -0.39 is 0 Å². The highest BCUT2D eigenvalue weighted by molar-refractivity contribution is 6.30. The first-order valence-corrected chi connectivity index (χ1v) is 7.59. The van der Waals surface area contributed by atoms with E-state index in [0.717, 1.165) is 42.3 Å². The van der Waals surface area contributed by atoms with Gasteiger partial charge in [0.2, 0.25) is 0 Å². The molecule has 0 atom stereocenters. The van der Waals surface area contributed by atoms with Crippen LogP contribution in [0.4, 0.5) is 0 Å². The van der Waals surface area contributed by atoms with Gasteiger partial charge in [0.15, 0.2) is 5.82 Å². The summed E-state index contributed by atoms with van der Waals surface area (Å²) in [6, 6.07) is 7.61. The Morgan fingerprint density at radius 1 is 1.09 bits per heavy atom. The highest BCUT2D eigenvalue weighted by Crippen LogP contribution is 2.15. The third-order valence-corrected chi connectivity index (χ3v) is 3.61. The van der Waals surface area contributed by atoms with Crippen molar-refractivity contribution in [3.63, 3.8) is 0 Å². The van der Waals surface area contributed by atoms with Crippen LogP contribution in [0.5, 0.6) is 0 Å². The Morgan fingerprint density at radius 2 is 1.86 bits per heavy atom. The predicted octanol–water partition coefficient (Wildman–Crippen LogP) is 2.40. The summed E-state index contributed by atoms with van der Waals surface area (Å²) < 4.78 is 1.88. The number of benzene rings is 1. The standard InChI is InChI=1S/C15H17ClN6/c1-3-14-18-15(9-6-12-10-17-21(2)19-12)22(20-14)13-7-4-11(16)5-8-13/h4-5,7-8,10H,3,6,9H2,1-2H3. The van der Waals surface area contributed by atoms with Crippen molar-refractivity contribution in [1.29, 1.82) is 0 Å². The van der Waals surface area contributed by atoms with Gasteiger partial charge >= 0.3 is 0 Å². The van der Waals surface area contributed by atoms with Gasteiger partial charge in [-0.2, -0.15) is 20.1 Å². The van der Waals surface area contributed by atoms with E-state index in [0.29, 0.717) is 5.02 Å². The van der Waals surface area contributed by atoms with Gasteiger partial charge in [0.25, 0.3) is 0 Å². The first-order valence-electron chi connectivity index (χ1n) is 7.21. The van der Waals surface area contributed by atoms with Crippen LogP contribution in [0.15, 0.2) is 30.5 Å². The zero-order valence-corrected chi connectivity index (χ0v) is 13.3. The molecule has 0 saturated carbocycles. The molecule has 1 aromatic carbocycles. The van der Waals surface area contributed by atoms with Crippen molar-refractivity contribution < 1.29 is 0 Å². The average Bonchev–Trinajstić information content (AvgIpc) is 3.12. The molecule has 0 fully saturated rings. The van der Waals surface area contributed by atoms with Crippen LogP contribution in [0.3, 0.4) is 0 Å². The number of aromatic nitrogens is 6. The molecule has 7 heteroatoms. The largest absolute Gasteiger partial charge is 0.218 e. The monoisotopic (exact) mass is 316 g/mol. The number of hydrogen-bond acceptors (Lipinski definition) is 4. The van der Waals surface area contributed by atoms with Crippen molar-refractivity contribution in [3.05, 3.63) is 52.8 Å². The van der Waals surface area contributed by atoms with E-state index in [-0.39, 0.29) is 0 Å². The minimum atomic E-state index is 0.709. The van der Waals surface area contributed by atoms with Gasteiger partial charge in [-0.1, -0.05) is 18.5 Å². The summed E-state index contributed by atoms with van der Waals surface area (Å²) in [6.45, 7) is 2.05. The molecule has 0 unspecified atom stereocenters. The maximum atomic E-state index is 5.95. The molecule has 6 nitrogen and oxygen atoms in total. The predicted molar refractivity (Wildman–Crippen MR) is 84.2 cm³/mol. The van der Waals surface area contributed by atoms with Crippen LogP contribution >= 0.6 is 11.6 Å². The third kappa shape index (κ3) is 3.17. The third-order valence-electron chi connectivity index (χ3n) is 3.36. The van der Waals surface area contributed by atoms with Crippen LogP contribution in [0.2, 0.25) is 5.02 Å². The highest BCUT2D eigenvalue weighted by atomic mass is 35.5. The summed E-state index contributed by atoms with van der Waals surface area (Å²) in [5.74, 6) is 1.76. The molecule has 3 aromatic rings. The fraction of sp³-hybridized carbons (Fsp3) is 0.333. The lowest BCUT2D eigenvalue weighted by molar-refractivity contribution is 0.641. The van der Waals surface area contributed by atoms with Gasteiger partial charge in [0, 0.05) is 31.3 Å². The van der Waals surface area contributed by atoms with E-state index in [4.69, 9.17) is 11.6 Å². The molecule has 3 rings (SSSR count). The minimum absolute atomic E-state index is 0.709. The normalized spacial score (nSPS) is 11.0. The minimum Gasteiger partial charge on any atom is -0.218 e. The summed E-state index contributed by atoms with van der Waals surface area (Å²) in [7, 11) is 1.81. The highest BCUT2D eigenvalue weighted by Gasteiger charge is 2.11. The first-order chi connectivity index (χ1) is 10.7. The van der Waals surface area contributed by atoms with Gasteiger partial charge < -0.3 is 0 Å². The molecule has 0 aliphatic heterocycles. The van der Waals surface area contributed by atoms with Crippen molar-refractivity contribution in [3.8, 4) is 5.69 Å². The van der Waals surface area contributed by atoms with E-state index >= 15 is 0 Å². The number of rotatable bonds is 5. The maximum absolute atomic E-state index is 5.95. The zero-order valence-electron chi connectivity index (χ0n) is 12.6. The van der Waals surface area contributed by atoms with E-state index in [1.807, 2.05) is 42.9 Å². The topological polar surface area (TPSA) is 61.4 Å². The molecular weight excluding hydrogens is 300 g/mol. The SMILES string of the molecule is CCc1nc(CCc2cnn(C)n2)n(-c2ccc(Cl)cc2)n1. The zero-order chi connectivity index (χ0) is 15.5. The molecule has 2 aromatic heterocycles. The van der Waals surface area contributed by atoms with Crippen molar-refractivity contribution in [2.75, 3.05) is 0 Å². The molecule has 0 saturated heterocycles. The smallest absolute Gasteiger partial charge is 0.151 e. The van der Waals surface area contributed by atoms with Crippen molar-refractivity contribution in [1.82, 2.24) is 29.8 Å². The molecule has 0 amide bonds. The summed E-state index contributed by atoms with van der Waals surface area (Å²) in [6.07, 6.45) is 4.13. The summed E-state index contributed by atoms with van der Waals surface area (Å²) in [5, 5.41) is 13.7. The molecule has 0 aliphatic rings. The quantitative estimate of drug-likeness (QED) is 0.725. The maximum Gasteiger partial charge on any atom is 0.151 e. The second-order valence-electron chi connectivity index (χ2n) is 5.01. The molecule has 0 radical (unpaired) electrons. The average molecular weight is 317 g/mol. The van der Waals surface area contributed by atoms with Crippen molar-refractivity contribution in [2.45, 2.75) is 26.2 Å². The second kappa shape index (κ2) is 6.27. The van der Waals surface area contributed by atoms with Gasteiger partial charge in [0.05, 0.1) is 17.6 Å². The molecular formula is C15H17ClN6. The van der Waals surface area contributed by atoms with Crippen LogP contribution in [0.1, 0.15) is 24.3 Å². The fourth-order valence-electron chi connectivity index (χ4n) is 2.23.